The first-order chi connectivity index (χ1) is 9.75. The number of allylic oxidation sites excluding steroid dienone is 4. The Morgan fingerprint density at radius 1 is 1.10 bits per heavy atom. The van der Waals surface area contributed by atoms with Crippen molar-refractivity contribution in [2.75, 3.05) is 0 Å². The first kappa shape index (κ1) is 13.2. The van der Waals surface area contributed by atoms with Crippen molar-refractivity contribution in [2.24, 2.45) is 29.6 Å². The molecule has 4 aliphatic rings. The summed E-state index contributed by atoms with van der Waals surface area (Å²) in [6, 6.07) is 0. The molecule has 4 rings (SSSR count). The van der Waals surface area contributed by atoms with Crippen LogP contribution >= 0.6 is 12.6 Å². The fraction of sp³-hybridized carbons (Fsp3) is 0.722. The largest absolute Gasteiger partial charge is 0.287 e. The Morgan fingerprint density at radius 3 is 2.85 bits per heavy atom. The van der Waals surface area contributed by atoms with Gasteiger partial charge >= 0.3 is 0 Å². The van der Waals surface area contributed by atoms with E-state index in [4.69, 9.17) is 0 Å². The van der Waals surface area contributed by atoms with Crippen LogP contribution in [0.5, 0.6) is 0 Å². The van der Waals surface area contributed by atoms with E-state index in [2.05, 4.69) is 24.8 Å². The molecule has 108 valence electrons. The van der Waals surface area contributed by atoms with Crippen molar-refractivity contribution in [3.8, 4) is 0 Å². The Balaban J connectivity index is 1.69. The van der Waals surface area contributed by atoms with Gasteiger partial charge in [0.05, 0.1) is 0 Å². The molecule has 5 atom stereocenters. The highest BCUT2D eigenvalue weighted by Crippen LogP contribution is 2.54. The summed E-state index contributed by atoms with van der Waals surface area (Å²) in [6.45, 7) is 0. The number of hydrogen-bond donors (Lipinski definition) is 1. The van der Waals surface area contributed by atoms with Crippen LogP contribution in [0, 0.1) is 29.6 Å². The average Bonchev–Trinajstić information content (AvgIpc) is 2.91. The molecular weight excluding hydrogens is 264 g/mol. The van der Waals surface area contributed by atoms with Crippen LogP contribution in [0.3, 0.4) is 0 Å². The average molecular weight is 288 g/mol. The van der Waals surface area contributed by atoms with Gasteiger partial charge in [0.2, 0.25) is 0 Å². The fourth-order valence-electron chi connectivity index (χ4n) is 5.54. The van der Waals surface area contributed by atoms with E-state index in [9.17, 15) is 4.79 Å². The third-order valence-electron chi connectivity index (χ3n) is 6.44. The van der Waals surface area contributed by atoms with E-state index < -0.39 is 0 Å². The molecule has 0 aliphatic heterocycles. The van der Waals surface area contributed by atoms with Gasteiger partial charge in [0.15, 0.2) is 5.12 Å². The van der Waals surface area contributed by atoms with Gasteiger partial charge in [-0.15, -0.1) is 12.6 Å². The van der Waals surface area contributed by atoms with E-state index in [1.54, 1.807) is 11.1 Å². The zero-order chi connectivity index (χ0) is 13.7. The monoisotopic (exact) mass is 288 g/mol. The second-order valence-electron chi connectivity index (χ2n) is 7.23. The van der Waals surface area contributed by atoms with Crippen molar-refractivity contribution in [3.63, 3.8) is 0 Å². The Labute approximate surface area is 127 Å². The second kappa shape index (κ2) is 5.05. The van der Waals surface area contributed by atoms with Crippen molar-refractivity contribution in [3.05, 3.63) is 23.3 Å². The molecule has 0 saturated heterocycles. The molecular formula is C18H24OS. The van der Waals surface area contributed by atoms with E-state index in [0.717, 1.165) is 24.2 Å². The third-order valence-corrected chi connectivity index (χ3v) is 6.77. The number of hydrogen-bond acceptors (Lipinski definition) is 1. The normalized spacial score (nSPS) is 43.0. The topological polar surface area (TPSA) is 17.1 Å². The number of fused-ring (bicyclic) bond motifs is 4. The molecule has 2 fully saturated rings. The molecule has 0 aromatic heterocycles. The van der Waals surface area contributed by atoms with Gasteiger partial charge in [-0.2, -0.15) is 0 Å². The Bertz CT molecular complexity index is 490. The van der Waals surface area contributed by atoms with Gasteiger partial charge in [0, 0.05) is 5.92 Å². The lowest BCUT2D eigenvalue weighted by Gasteiger charge is -2.42. The number of carbonyl (C=O) groups excluding carboxylic acids is 1. The van der Waals surface area contributed by atoms with Crippen molar-refractivity contribution in [2.45, 2.75) is 51.4 Å². The van der Waals surface area contributed by atoms with Crippen molar-refractivity contribution >= 4 is 17.7 Å². The summed E-state index contributed by atoms with van der Waals surface area (Å²) in [6.07, 6.45) is 15.4. The number of carbonyl (C=O) groups is 1. The highest BCUT2D eigenvalue weighted by atomic mass is 32.1. The van der Waals surface area contributed by atoms with Gasteiger partial charge in [0.1, 0.15) is 0 Å². The van der Waals surface area contributed by atoms with Crippen LogP contribution in [0.4, 0.5) is 0 Å². The maximum Gasteiger partial charge on any atom is 0.189 e. The summed E-state index contributed by atoms with van der Waals surface area (Å²) >= 11 is 4.12. The fourth-order valence-corrected chi connectivity index (χ4v) is 5.84. The van der Waals surface area contributed by atoms with E-state index in [1.807, 2.05) is 0 Å². The molecule has 0 N–H and O–H groups in total. The van der Waals surface area contributed by atoms with E-state index in [1.165, 1.54) is 44.9 Å². The molecule has 0 amide bonds. The molecule has 2 saturated carbocycles. The minimum Gasteiger partial charge on any atom is -0.287 e. The zero-order valence-electron chi connectivity index (χ0n) is 12.1. The maximum atomic E-state index is 11.7. The molecule has 0 heterocycles. The van der Waals surface area contributed by atoms with Gasteiger partial charge in [-0.05, 0) is 74.2 Å². The molecule has 0 aromatic carbocycles. The standard InChI is InChI=1S/C18H24OS/c19-18(20)17-10-9-15-14-6-5-11-3-1-2-4-12(11)13(14)7-8-16(15)17/h7-8,11,14-17H,1-6,9-10H2,(H,19,20). The molecule has 0 aromatic rings. The van der Waals surface area contributed by atoms with Crippen LogP contribution in [0.2, 0.25) is 0 Å². The summed E-state index contributed by atoms with van der Waals surface area (Å²) in [7, 11) is 0. The van der Waals surface area contributed by atoms with Crippen molar-refractivity contribution in [1.29, 1.82) is 0 Å². The smallest absolute Gasteiger partial charge is 0.189 e. The van der Waals surface area contributed by atoms with Gasteiger partial charge < -0.3 is 0 Å². The van der Waals surface area contributed by atoms with Gasteiger partial charge in [0.25, 0.3) is 0 Å². The van der Waals surface area contributed by atoms with E-state index in [-0.39, 0.29) is 11.0 Å². The number of thiol groups is 1. The molecule has 0 spiro atoms. The highest BCUT2D eigenvalue weighted by molar-refractivity contribution is 7.96. The predicted octanol–water partition coefficient (Wildman–Crippen LogP) is 4.55. The summed E-state index contributed by atoms with van der Waals surface area (Å²) in [5, 5.41) is 0.115. The summed E-state index contributed by atoms with van der Waals surface area (Å²) in [5.74, 6) is 3.04. The van der Waals surface area contributed by atoms with Gasteiger partial charge in [-0.25, -0.2) is 0 Å². The van der Waals surface area contributed by atoms with Crippen LogP contribution in [0.15, 0.2) is 23.3 Å². The van der Waals surface area contributed by atoms with Crippen LogP contribution < -0.4 is 0 Å². The van der Waals surface area contributed by atoms with Crippen molar-refractivity contribution in [1.82, 2.24) is 0 Å². The third kappa shape index (κ3) is 1.94. The lowest BCUT2D eigenvalue weighted by Crippen LogP contribution is -2.32. The zero-order valence-corrected chi connectivity index (χ0v) is 12.9. The molecule has 4 aliphatic carbocycles. The molecule has 1 nitrogen and oxygen atoms in total. The predicted molar refractivity (Wildman–Crippen MR) is 84.5 cm³/mol. The number of rotatable bonds is 1. The first-order valence-electron chi connectivity index (χ1n) is 8.39. The SMILES string of the molecule is O=C(S)C1CCC2C3CCC4CCCCC4=C3C=CC12. The van der Waals surface area contributed by atoms with E-state index in [0.29, 0.717) is 5.92 Å². The van der Waals surface area contributed by atoms with Gasteiger partial charge in [-0.3, -0.25) is 4.79 Å². The maximum absolute atomic E-state index is 11.7. The van der Waals surface area contributed by atoms with Crippen LogP contribution in [-0.2, 0) is 4.79 Å². The Morgan fingerprint density at radius 2 is 2.00 bits per heavy atom. The van der Waals surface area contributed by atoms with Crippen LogP contribution in [-0.4, -0.2) is 5.12 Å². The summed E-state index contributed by atoms with van der Waals surface area (Å²) < 4.78 is 0. The molecule has 5 unspecified atom stereocenters. The lowest BCUT2D eigenvalue weighted by molar-refractivity contribution is -0.114. The quantitative estimate of drug-likeness (QED) is 0.700. The lowest BCUT2D eigenvalue weighted by atomic mass is 9.63. The Hall–Kier alpha value is -0.500. The molecule has 0 radical (unpaired) electrons. The van der Waals surface area contributed by atoms with Crippen LogP contribution in [0.1, 0.15) is 51.4 Å². The minimum absolute atomic E-state index is 0.115. The van der Waals surface area contributed by atoms with Gasteiger partial charge in [-0.1, -0.05) is 24.1 Å². The van der Waals surface area contributed by atoms with Crippen LogP contribution in [0.25, 0.3) is 0 Å². The second-order valence-corrected chi connectivity index (χ2v) is 7.67. The molecule has 20 heavy (non-hydrogen) atoms. The minimum atomic E-state index is 0.115. The molecule has 2 heteroatoms. The summed E-state index contributed by atoms with van der Waals surface area (Å²) in [4.78, 5) is 11.7. The highest BCUT2D eigenvalue weighted by Gasteiger charge is 2.46. The Kier molecular flexibility index (Phi) is 3.33. The molecule has 0 bridgehead atoms. The first-order valence-corrected chi connectivity index (χ1v) is 8.84. The summed E-state index contributed by atoms with van der Waals surface area (Å²) in [5.41, 5.74) is 3.48. The van der Waals surface area contributed by atoms with E-state index >= 15 is 0 Å². The van der Waals surface area contributed by atoms with Crippen molar-refractivity contribution < 1.29 is 4.79 Å².